The summed E-state index contributed by atoms with van der Waals surface area (Å²) in [5, 5.41) is 13.9. The normalized spacial score (nSPS) is 11.2. The summed E-state index contributed by atoms with van der Waals surface area (Å²) < 4.78 is 5.38. The van der Waals surface area contributed by atoms with Crippen LogP contribution in [-0.2, 0) is 4.79 Å². The predicted molar refractivity (Wildman–Crippen MR) is 90.1 cm³/mol. The highest BCUT2D eigenvalue weighted by molar-refractivity contribution is 6.31. The van der Waals surface area contributed by atoms with Gasteiger partial charge in [0, 0.05) is 5.02 Å². The molecule has 1 amide bonds. The van der Waals surface area contributed by atoms with E-state index in [-0.39, 0.29) is 18.3 Å². The number of benzene rings is 2. The van der Waals surface area contributed by atoms with Crippen LogP contribution in [0.3, 0.4) is 0 Å². The van der Waals surface area contributed by atoms with E-state index < -0.39 is 0 Å². The van der Waals surface area contributed by atoms with E-state index in [4.69, 9.17) is 16.3 Å². The number of halogens is 1. The minimum absolute atomic E-state index is 0.145. The van der Waals surface area contributed by atoms with Crippen LogP contribution in [-0.4, -0.2) is 23.3 Å². The van der Waals surface area contributed by atoms with Crippen LogP contribution in [0.1, 0.15) is 18.1 Å². The van der Waals surface area contributed by atoms with Crippen LogP contribution in [0.4, 0.5) is 0 Å². The lowest BCUT2D eigenvalue weighted by molar-refractivity contribution is -0.123. The second kappa shape index (κ2) is 7.65. The van der Waals surface area contributed by atoms with Gasteiger partial charge in [0.15, 0.2) is 6.61 Å². The first kappa shape index (κ1) is 16.8. The number of rotatable bonds is 5. The lowest BCUT2D eigenvalue weighted by Crippen LogP contribution is -2.25. The molecule has 2 N–H and O–H groups in total. The molecular weight excluding hydrogens is 316 g/mol. The van der Waals surface area contributed by atoms with Crippen molar-refractivity contribution in [2.75, 3.05) is 6.61 Å². The maximum atomic E-state index is 11.7. The first-order valence-electron chi connectivity index (χ1n) is 6.97. The van der Waals surface area contributed by atoms with Gasteiger partial charge in [-0.25, -0.2) is 5.43 Å². The van der Waals surface area contributed by atoms with Crippen molar-refractivity contribution in [2.24, 2.45) is 5.10 Å². The van der Waals surface area contributed by atoms with Gasteiger partial charge < -0.3 is 9.84 Å². The first-order valence-corrected chi connectivity index (χ1v) is 7.35. The first-order chi connectivity index (χ1) is 11.0. The number of hydrogen-bond acceptors (Lipinski definition) is 4. The Bertz CT molecular complexity index is 727. The van der Waals surface area contributed by atoms with E-state index in [1.54, 1.807) is 49.4 Å². The predicted octanol–water partition coefficient (Wildman–Crippen LogP) is 3.27. The average Bonchev–Trinajstić information content (AvgIpc) is 2.54. The molecule has 5 nitrogen and oxygen atoms in total. The summed E-state index contributed by atoms with van der Waals surface area (Å²) in [7, 11) is 0. The van der Waals surface area contributed by atoms with E-state index in [0.717, 1.165) is 11.1 Å². The molecule has 0 saturated carbocycles. The highest BCUT2D eigenvalue weighted by Gasteiger charge is 2.04. The Labute approximate surface area is 139 Å². The Hall–Kier alpha value is -2.53. The van der Waals surface area contributed by atoms with Gasteiger partial charge in [-0.3, -0.25) is 4.79 Å². The van der Waals surface area contributed by atoms with Gasteiger partial charge >= 0.3 is 0 Å². The molecule has 0 fully saturated rings. The summed E-state index contributed by atoms with van der Waals surface area (Å²) in [5.41, 5.74) is 4.74. The van der Waals surface area contributed by atoms with Gasteiger partial charge in [-0.15, -0.1) is 0 Å². The number of aromatic hydroxyl groups is 1. The number of carbonyl (C=O) groups excluding carboxylic acids is 1. The SMILES string of the molecule is CC(=NNC(=O)COc1ccc(Cl)c(C)c1)c1ccc(O)cc1. The van der Waals surface area contributed by atoms with E-state index in [1.807, 2.05) is 6.92 Å². The summed E-state index contributed by atoms with van der Waals surface area (Å²) >= 11 is 5.93. The average molecular weight is 333 g/mol. The molecule has 0 saturated heterocycles. The number of hydrazone groups is 1. The van der Waals surface area contributed by atoms with Gasteiger partial charge in [-0.05, 0) is 67.4 Å². The van der Waals surface area contributed by atoms with E-state index >= 15 is 0 Å². The van der Waals surface area contributed by atoms with Gasteiger partial charge in [0.25, 0.3) is 5.91 Å². The molecule has 2 rings (SSSR count). The molecule has 0 radical (unpaired) electrons. The van der Waals surface area contributed by atoms with Gasteiger partial charge in [0.1, 0.15) is 11.5 Å². The van der Waals surface area contributed by atoms with Crippen molar-refractivity contribution >= 4 is 23.2 Å². The second-order valence-corrected chi connectivity index (χ2v) is 5.39. The zero-order chi connectivity index (χ0) is 16.8. The Morgan fingerprint density at radius 1 is 1.26 bits per heavy atom. The number of amides is 1. The van der Waals surface area contributed by atoms with Crippen molar-refractivity contribution in [1.29, 1.82) is 0 Å². The maximum Gasteiger partial charge on any atom is 0.277 e. The Balaban J connectivity index is 1.88. The number of phenolic OH excluding ortho intramolecular Hbond substituents is 1. The molecule has 0 bridgehead atoms. The van der Waals surface area contributed by atoms with Crippen molar-refractivity contribution in [3.8, 4) is 11.5 Å². The summed E-state index contributed by atoms with van der Waals surface area (Å²) in [4.78, 5) is 11.7. The van der Waals surface area contributed by atoms with Crippen LogP contribution >= 0.6 is 11.6 Å². The molecule has 0 aliphatic rings. The van der Waals surface area contributed by atoms with Crippen LogP contribution in [0.5, 0.6) is 11.5 Å². The third-order valence-corrected chi connectivity index (χ3v) is 3.56. The monoisotopic (exact) mass is 332 g/mol. The number of carbonyl (C=O) groups is 1. The number of nitrogens with zero attached hydrogens (tertiary/aromatic N) is 1. The minimum atomic E-state index is -0.365. The largest absolute Gasteiger partial charge is 0.508 e. The van der Waals surface area contributed by atoms with Gasteiger partial charge in [-0.2, -0.15) is 5.10 Å². The molecule has 0 unspecified atom stereocenters. The third kappa shape index (κ3) is 5.00. The molecule has 120 valence electrons. The van der Waals surface area contributed by atoms with E-state index in [9.17, 15) is 9.90 Å². The molecule has 23 heavy (non-hydrogen) atoms. The second-order valence-electron chi connectivity index (χ2n) is 4.98. The molecular formula is C17H17ClN2O3. The van der Waals surface area contributed by atoms with E-state index in [0.29, 0.717) is 16.5 Å². The maximum absolute atomic E-state index is 11.7. The third-order valence-electron chi connectivity index (χ3n) is 3.13. The van der Waals surface area contributed by atoms with Crippen molar-refractivity contribution < 1.29 is 14.6 Å². The Morgan fingerprint density at radius 2 is 1.96 bits per heavy atom. The molecule has 0 spiro atoms. The van der Waals surface area contributed by atoms with Crippen LogP contribution in [0.15, 0.2) is 47.6 Å². The highest BCUT2D eigenvalue weighted by Crippen LogP contribution is 2.20. The summed E-state index contributed by atoms with van der Waals surface area (Å²) in [5.74, 6) is 0.384. The molecule has 0 aliphatic carbocycles. The zero-order valence-corrected chi connectivity index (χ0v) is 13.6. The lowest BCUT2D eigenvalue weighted by atomic mass is 10.1. The van der Waals surface area contributed by atoms with Crippen LogP contribution in [0.25, 0.3) is 0 Å². The number of ether oxygens (including phenoxy) is 1. The van der Waals surface area contributed by atoms with Crippen LogP contribution < -0.4 is 10.2 Å². The van der Waals surface area contributed by atoms with Gasteiger partial charge in [-0.1, -0.05) is 11.6 Å². The number of aryl methyl sites for hydroxylation is 1. The fourth-order valence-corrected chi connectivity index (χ4v) is 1.92. The van der Waals surface area contributed by atoms with Gasteiger partial charge in [0.05, 0.1) is 5.71 Å². The Morgan fingerprint density at radius 3 is 2.61 bits per heavy atom. The molecule has 0 heterocycles. The minimum Gasteiger partial charge on any atom is -0.508 e. The smallest absolute Gasteiger partial charge is 0.277 e. The zero-order valence-electron chi connectivity index (χ0n) is 12.8. The molecule has 0 aromatic heterocycles. The molecule has 2 aromatic carbocycles. The highest BCUT2D eigenvalue weighted by atomic mass is 35.5. The van der Waals surface area contributed by atoms with Gasteiger partial charge in [0.2, 0.25) is 0 Å². The number of phenols is 1. The molecule has 0 aliphatic heterocycles. The standard InChI is InChI=1S/C17H17ClN2O3/c1-11-9-15(7-8-16(11)18)23-10-17(22)20-19-12(2)13-3-5-14(21)6-4-13/h3-9,21H,10H2,1-2H3,(H,20,22). The van der Waals surface area contributed by atoms with Crippen LogP contribution in [0.2, 0.25) is 5.02 Å². The Kier molecular flexibility index (Phi) is 5.60. The molecule has 6 heteroatoms. The van der Waals surface area contributed by atoms with Crippen molar-refractivity contribution in [3.05, 3.63) is 58.6 Å². The van der Waals surface area contributed by atoms with Crippen molar-refractivity contribution in [1.82, 2.24) is 5.43 Å². The summed E-state index contributed by atoms with van der Waals surface area (Å²) in [6.07, 6.45) is 0. The summed E-state index contributed by atoms with van der Waals surface area (Å²) in [6.45, 7) is 3.48. The fraction of sp³-hybridized carbons (Fsp3) is 0.176. The molecule has 2 aromatic rings. The van der Waals surface area contributed by atoms with Crippen LogP contribution in [0, 0.1) is 6.92 Å². The summed E-state index contributed by atoms with van der Waals surface area (Å²) in [6, 6.07) is 11.7. The number of hydrogen-bond donors (Lipinski definition) is 2. The topological polar surface area (TPSA) is 70.9 Å². The van der Waals surface area contributed by atoms with E-state index in [2.05, 4.69) is 10.5 Å². The van der Waals surface area contributed by atoms with Crippen molar-refractivity contribution in [2.45, 2.75) is 13.8 Å². The van der Waals surface area contributed by atoms with Crippen molar-refractivity contribution in [3.63, 3.8) is 0 Å². The lowest BCUT2D eigenvalue weighted by Gasteiger charge is -2.07. The number of nitrogens with one attached hydrogen (secondary N) is 1. The molecule has 0 atom stereocenters. The van der Waals surface area contributed by atoms with E-state index in [1.165, 1.54) is 0 Å². The fourth-order valence-electron chi connectivity index (χ4n) is 1.80. The quantitative estimate of drug-likeness (QED) is 0.652.